The highest BCUT2D eigenvalue weighted by Gasteiger charge is 2.45. The fourth-order valence-electron chi connectivity index (χ4n) is 3.20. The van der Waals surface area contributed by atoms with Crippen LogP contribution in [0, 0.1) is 11.3 Å². The van der Waals surface area contributed by atoms with E-state index in [0.29, 0.717) is 11.8 Å². The van der Waals surface area contributed by atoms with Crippen molar-refractivity contribution in [2.45, 2.75) is 26.7 Å². The van der Waals surface area contributed by atoms with Gasteiger partial charge in [-0.2, -0.15) is 0 Å². The lowest BCUT2D eigenvalue weighted by atomic mass is 9.75. The highest BCUT2D eigenvalue weighted by molar-refractivity contribution is 5.83. The van der Waals surface area contributed by atoms with Crippen LogP contribution >= 0.6 is 0 Å². The van der Waals surface area contributed by atoms with Crippen LogP contribution in [0.1, 0.15) is 26.7 Å². The smallest absolute Gasteiger partial charge is 0.230 e. The fourth-order valence-corrected chi connectivity index (χ4v) is 3.20. The summed E-state index contributed by atoms with van der Waals surface area (Å²) in [6.07, 6.45) is 2.10. The monoisotopic (exact) mass is 253 g/mol. The third-order valence-electron chi connectivity index (χ3n) is 4.73. The summed E-state index contributed by atoms with van der Waals surface area (Å²) < 4.78 is 0. The first-order chi connectivity index (χ1) is 8.56. The molecule has 2 aliphatic heterocycles. The number of rotatable bonds is 2. The van der Waals surface area contributed by atoms with Crippen LogP contribution < -0.4 is 5.32 Å². The van der Waals surface area contributed by atoms with Crippen molar-refractivity contribution in [1.29, 1.82) is 0 Å². The average Bonchev–Trinajstić information content (AvgIpc) is 2.74. The topological polar surface area (TPSA) is 35.6 Å². The number of carbonyl (C=O) groups is 1. The molecule has 0 aromatic heterocycles. The Morgan fingerprint density at radius 1 is 1.22 bits per heavy atom. The Hall–Kier alpha value is -0.610. The molecule has 0 bridgehead atoms. The normalized spacial score (nSPS) is 30.8. The van der Waals surface area contributed by atoms with E-state index in [2.05, 4.69) is 36.0 Å². The van der Waals surface area contributed by atoms with Crippen molar-refractivity contribution < 1.29 is 4.79 Å². The molecule has 2 rings (SSSR count). The van der Waals surface area contributed by atoms with Crippen molar-refractivity contribution in [1.82, 2.24) is 15.1 Å². The van der Waals surface area contributed by atoms with Crippen LogP contribution in [0.2, 0.25) is 0 Å². The van der Waals surface area contributed by atoms with Crippen molar-refractivity contribution in [3.63, 3.8) is 0 Å². The number of nitrogens with zero attached hydrogens (tertiary/aromatic N) is 2. The third kappa shape index (κ3) is 2.54. The van der Waals surface area contributed by atoms with E-state index in [1.54, 1.807) is 0 Å². The largest absolute Gasteiger partial charge is 0.341 e. The second-order valence-corrected chi connectivity index (χ2v) is 6.19. The number of carbonyl (C=O) groups excluding carboxylic acids is 1. The first-order valence-corrected chi connectivity index (χ1v) is 7.25. The maximum Gasteiger partial charge on any atom is 0.230 e. The SMILES string of the molecule is CC(C)C1(C(=O)N2CCCN(C)CC2)CCNC1. The molecular weight excluding hydrogens is 226 g/mol. The molecule has 2 aliphatic rings. The van der Waals surface area contributed by atoms with Gasteiger partial charge in [-0.1, -0.05) is 13.8 Å². The van der Waals surface area contributed by atoms with E-state index >= 15 is 0 Å². The van der Waals surface area contributed by atoms with Gasteiger partial charge >= 0.3 is 0 Å². The molecule has 1 atom stereocenters. The lowest BCUT2D eigenvalue weighted by molar-refractivity contribution is -0.143. The summed E-state index contributed by atoms with van der Waals surface area (Å²) >= 11 is 0. The standard InChI is InChI=1S/C14H27N3O/c1-12(2)14(5-6-15-11-14)13(18)17-8-4-7-16(3)9-10-17/h12,15H,4-11H2,1-3H3. The average molecular weight is 253 g/mol. The molecular formula is C14H27N3O. The van der Waals surface area contributed by atoms with E-state index in [0.717, 1.165) is 52.1 Å². The molecule has 2 heterocycles. The van der Waals surface area contributed by atoms with Crippen LogP contribution in [0.4, 0.5) is 0 Å². The minimum atomic E-state index is -0.150. The molecule has 0 spiro atoms. The lowest BCUT2D eigenvalue weighted by Crippen LogP contribution is -2.49. The van der Waals surface area contributed by atoms with E-state index in [1.165, 1.54) is 0 Å². The first-order valence-electron chi connectivity index (χ1n) is 7.25. The molecule has 104 valence electrons. The van der Waals surface area contributed by atoms with Crippen molar-refractivity contribution >= 4 is 5.91 Å². The molecule has 4 heteroatoms. The second-order valence-electron chi connectivity index (χ2n) is 6.19. The Morgan fingerprint density at radius 2 is 2.00 bits per heavy atom. The molecule has 1 amide bonds. The minimum absolute atomic E-state index is 0.150. The summed E-state index contributed by atoms with van der Waals surface area (Å²) in [6, 6.07) is 0. The third-order valence-corrected chi connectivity index (χ3v) is 4.73. The maximum atomic E-state index is 12.9. The molecule has 0 radical (unpaired) electrons. The van der Waals surface area contributed by atoms with Crippen LogP contribution in [0.25, 0.3) is 0 Å². The fraction of sp³-hybridized carbons (Fsp3) is 0.929. The quantitative estimate of drug-likeness (QED) is 0.790. The Balaban J connectivity index is 2.09. The van der Waals surface area contributed by atoms with Crippen LogP contribution in [0.15, 0.2) is 0 Å². The molecule has 0 saturated carbocycles. The molecule has 1 N–H and O–H groups in total. The second kappa shape index (κ2) is 5.57. The van der Waals surface area contributed by atoms with E-state index in [9.17, 15) is 4.79 Å². The zero-order valence-corrected chi connectivity index (χ0v) is 12.0. The molecule has 2 fully saturated rings. The predicted molar refractivity (Wildman–Crippen MR) is 73.5 cm³/mol. The Kier molecular flexibility index (Phi) is 4.28. The number of nitrogens with one attached hydrogen (secondary N) is 1. The van der Waals surface area contributed by atoms with Crippen LogP contribution in [-0.2, 0) is 4.79 Å². The van der Waals surface area contributed by atoms with Crippen LogP contribution in [0.5, 0.6) is 0 Å². The molecule has 2 saturated heterocycles. The van der Waals surface area contributed by atoms with Gasteiger partial charge in [-0.15, -0.1) is 0 Å². The van der Waals surface area contributed by atoms with Gasteiger partial charge in [-0.05, 0) is 38.9 Å². The Labute approximate surface area is 111 Å². The van der Waals surface area contributed by atoms with Crippen molar-refractivity contribution in [2.75, 3.05) is 46.3 Å². The zero-order chi connectivity index (χ0) is 13.2. The maximum absolute atomic E-state index is 12.9. The van der Waals surface area contributed by atoms with E-state index in [4.69, 9.17) is 0 Å². The Morgan fingerprint density at radius 3 is 2.61 bits per heavy atom. The number of likely N-dealkylation sites (N-methyl/N-ethyl adjacent to an activating group) is 1. The van der Waals surface area contributed by atoms with E-state index in [1.807, 2.05) is 0 Å². The van der Waals surface area contributed by atoms with Gasteiger partial charge in [0.05, 0.1) is 5.41 Å². The number of hydrogen-bond acceptors (Lipinski definition) is 3. The van der Waals surface area contributed by atoms with Gasteiger partial charge in [-0.25, -0.2) is 0 Å². The van der Waals surface area contributed by atoms with Gasteiger partial charge in [0.15, 0.2) is 0 Å². The molecule has 4 nitrogen and oxygen atoms in total. The summed E-state index contributed by atoms with van der Waals surface area (Å²) in [5, 5.41) is 3.38. The highest BCUT2D eigenvalue weighted by atomic mass is 16.2. The molecule has 18 heavy (non-hydrogen) atoms. The van der Waals surface area contributed by atoms with E-state index in [-0.39, 0.29) is 5.41 Å². The minimum Gasteiger partial charge on any atom is -0.341 e. The predicted octanol–water partition coefficient (Wildman–Crippen LogP) is 0.786. The van der Waals surface area contributed by atoms with E-state index < -0.39 is 0 Å². The summed E-state index contributed by atoms with van der Waals surface area (Å²) in [6.45, 7) is 10.2. The number of amides is 1. The molecule has 0 aliphatic carbocycles. The van der Waals surface area contributed by atoms with Crippen molar-refractivity contribution in [3.05, 3.63) is 0 Å². The summed E-state index contributed by atoms with van der Waals surface area (Å²) in [7, 11) is 2.14. The van der Waals surface area contributed by atoms with Gasteiger partial charge in [0, 0.05) is 26.2 Å². The van der Waals surface area contributed by atoms with Crippen molar-refractivity contribution in [3.8, 4) is 0 Å². The number of hydrogen-bond donors (Lipinski definition) is 1. The summed E-state index contributed by atoms with van der Waals surface area (Å²) in [5.74, 6) is 0.804. The van der Waals surface area contributed by atoms with Crippen molar-refractivity contribution in [2.24, 2.45) is 11.3 Å². The Bertz CT molecular complexity index is 297. The van der Waals surface area contributed by atoms with Gasteiger partial charge < -0.3 is 15.1 Å². The zero-order valence-electron chi connectivity index (χ0n) is 12.0. The van der Waals surface area contributed by atoms with Gasteiger partial charge in [0.2, 0.25) is 5.91 Å². The van der Waals surface area contributed by atoms with Gasteiger partial charge in [-0.3, -0.25) is 4.79 Å². The molecule has 0 aromatic rings. The van der Waals surface area contributed by atoms with Crippen LogP contribution in [-0.4, -0.2) is 62.0 Å². The van der Waals surface area contributed by atoms with Crippen LogP contribution in [0.3, 0.4) is 0 Å². The van der Waals surface area contributed by atoms with Gasteiger partial charge in [0.25, 0.3) is 0 Å². The summed E-state index contributed by atoms with van der Waals surface area (Å²) in [5.41, 5.74) is -0.150. The lowest BCUT2D eigenvalue weighted by Gasteiger charge is -2.36. The summed E-state index contributed by atoms with van der Waals surface area (Å²) in [4.78, 5) is 17.3. The molecule has 1 unspecified atom stereocenters. The first kappa shape index (κ1) is 13.8. The highest BCUT2D eigenvalue weighted by Crippen LogP contribution is 2.36. The van der Waals surface area contributed by atoms with Gasteiger partial charge in [0.1, 0.15) is 0 Å². The molecule has 0 aromatic carbocycles.